The number of carbonyl (C=O) groups is 1. The van der Waals surface area contributed by atoms with Crippen LogP contribution in [0, 0.1) is 6.92 Å². The topological polar surface area (TPSA) is 42.3 Å². The molecule has 0 saturated carbocycles. The summed E-state index contributed by atoms with van der Waals surface area (Å²) in [6, 6.07) is 5.51. The van der Waals surface area contributed by atoms with Crippen LogP contribution >= 0.6 is 0 Å². The minimum absolute atomic E-state index is 0.0329. The number of likely N-dealkylation sites (tertiary alicyclic amines) is 1. The largest absolute Gasteiger partial charge is 0.337 e. The number of carbonyl (C=O) groups excluding carboxylic acids is 1. The van der Waals surface area contributed by atoms with Crippen molar-refractivity contribution in [2.75, 3.05) is 6.54 Å². The summed E-state index contributed by atoms with van der Waals surface area (Å²) in [5, 5.41) is 0. The SMILES string of the molecule is [CH2]C(=O)N1CC2CC1Cn1c2cccc1=O. The van der Waals surface area contributed by atoms with Crippen molar-refractivity contribution in [3.63, 3.8) is 0 Å². The van der Waals surface area contributed by atoms with Gasteiger partial charge >= 0.3 is 0 Å². The van der Waals surface area contributed by atoms with E-state index < -0.39 is 0 Å². The fourth-order valence-electron chi connectivity index (χ4n) is 2.91. The second-order valence-electron chi connectivity index (χ2n) is 4.53. The fourth-order valence-corrected chi connectivity index (χ4v) is 2.91. The normalized spacial score (nSPS) is 26.7. The van der Waals surface area contributed by atoms with Gasteiger partial charge in [-0.1, -0.05) is 6.07 Å². The zero-order chi connectivity index (χ0) is 11.3. The molecule has 2 unspecified atom stereocenters. The Bertz CT molecular complexity index is 506. The number of pyridine rings is 1. The Morgan fingerprint density at radius 1 is 1.38 bits per heavy atom. The third-order valence-corrected chi connectivity index (χ3v) is 3.63. The van der Waals surface area contributed by atoms with Gasteiger partial charge in [-0.15, -0.1) is 0 Å². The van der Waals surface area contributed by atoms with Crippen LogP contribution in [0.4, 0.5) is 0 Å². The van der Waals surface area contributed by atoms with E-state index in [9.17, 15) is 9.59 Å². The highest BCUT2D eigenvalue weighted by Crippen LogP contribution is 2.35. The van der Waals surface area contributed by atoms with Crippen LogP contribution in [0.15, 0.2) is 23.0 Å². The summed E-state index contributed by atoms with van der Waals surface area (Å²) in [6.07, 6.45) is 0.963. The first-order valence-corrected chi connectivity index (χ1v) is 5.49. The van der Waals surface area contributed by atoms with E-state index in [-0.39, 0.29) is 17.5 Å². The van der Waals surface area contributed by atoms with Gasteiger partial charge in [0.15, 0.2) is 0 Å². The minimum atomic E-state index is -0.131. The third kappa shape index (κ3) is 1.22. The molecule has 4 heteroatoms. The summed E-state index contributed by atoms with van der Waals surface area (Å²) < 4.78 is 1.79. The molecule has 1 aromatic heterocycles. The van der Waals surface area contributed by atoms with Gasteiger partial charge in [-0.05, 0) is 12.5 Å². The van der Waals surface area contributed by atoms with E-state index in [1.165, 1.54) is 0 Å². The maximum atomic E-state index is 11.7. The van der Waals surface area contributed by atoms with Crippen LogP contribution in [0.2, 0.25) is 0 Å². The predicted octanol–water partition coefficient (Wildman–Crippen LogP) is 0.380. The van der Waals surface area contributed by atoms with Crippen molar-refractivity contribution in [3.8, 4) is 0 Å². The lowest BCUT2D eigenvalue weighted by atomic mass is 9.97. The van der Waals surface area contributed by atoms with E-state index in [1.54, 1.807) is 21.6 Å². The molecule has 1 fully saturated rings. The van der Waals surface area contributed by atoms with Crippen molar-refractivity contribution < 1.29 is 4.79 Å². The van der Waals surface area contributed by atoms with Crippen molar-refractivity contribution in [1.29, 1.82) is 0 Å². The summed E-state index contributed by atoms with van der Waals surface area (Å²) in [4.78, 5) is 24.8. The predicted molar refractivity (Wildman–Crippen MR) is 58.9 cm³/mol. The van der Waals surface area contributed by atoms with Gasteiger partial charge in [0.05, 0.1) is 6.04 Å². The molecular weight excluding hydrogens is 204 g/mol. The highest BCUT2D eigenvalue weighted by atomic mass is 16.2. The van der Waals surface area contributed by atoms with Crippen molar-refractivity contribution >= 4 is 5.91 Å². The average molecular weight is 217 g/mol. The Balaban J connectivity index is 2.06. The fraction of sp³-hybridized carbons (Fsp3) is 0.417. The summed E-state index contributed by atoms with van der Waals surface area (Å²) >= 11 is 0. The van der Waals surface area contributed by atoms with Crippen LogP contribution in [0.25, 0.3) is 0 Å². The van der Waals surface area contributed by atoms with Gasteiger partial charge in [-0.3, -0.25) is 9.59 Å². The number of hydrogen-bond acceptors (Lipinski definition) is 2. The monoisotopic (exact) mass is 217 g/mol. The number of rotatable bonds is 0. The van der Waals surface area contributed by atoms with Gasteiger partial charge in [-0.2, -0.15) is 0 Å². The second kappa shape index (κ2) is 3.20. The lowest BCUT2D eigenvalue weighted by Crippen LogP contribution is -2.39. The number of amides is 1. The van der Waals surface area contributed by atoms with Crippen LogP contribution in [-0.2, 0) is 11.3 Å². The molecule has 1 aromatic rings. The first-order chi connectivity index (χ1) is 7.66. The highest BCUT2D eigenvalue weighted by Gasteiger charge is 2.39. The Labute approximate surface area is 93.5 Å². The average Bonchev–Trinajstić information content (AvgIpc) is 2.59. The van der Waals surface area contributed by atoms with E-state index in [0.717, 1.165) is 12.1 Å². The Morgan fingerprint density at radius 3 is 2.94 bits per heavy atom. The molecule has 1 radical (unpaired) electrons. The summed E-state index contributed by atoms with van der Waals surface area (Å²) in [5.41, 5.74) is 1.10. The standard InChI is InChI=1S/C12H13N2O2/c1-8(15)13-6-9-5-10(13)7-14-11(9)3-2-4-12(14)16/h2-4,9-10H,1,5-7H2. The summed E-state index contributed by atoms with van der Waals surface area (Å²) in [6.45, 7) is 4.79. The van der Waals surface area contributed by atoms with E-state index >= 15 is 0 Å². The molecule has 1 amide bonds. The number of fused-ring (bicyclic) bond motifs is 4. The van der Waals surface area contributed by atoms with Crippen LogP contribution in [0.1, 0.15) is 18.0 Å². The zero-order valence-corrected chi connectivity index (χ0v) is 8.93. The second-order valence-corrected chi connectivity index (χ2v) is 4.53. The Kier molecular flexibility index (Phi) is 1.93. The smallest absolute Gasteiger partial charge is 0.250 e. The molecule has 0 aromatic carbocycles. The molecular formula is C12H13N2O2. The zero-order valence-electron chi connectivity index (χ0n) is 8.93. The van der Waals surface area contributed by atoms with Crippen LogP contribution < -0.4 is 5.56 Å². The molecule has 2 atom stereocenters. The molecule has 1 saturated heterocycles. The van der Waals surface area contributed by atoms with Gasteiger partial charge < -0.3 is 9.47 Å². The van der Waals surface area contributed by atoms with E-state index in [0.29, 0.717) is 19.0 Å². The number of hydrogen-bond donors (Lipinski definition) is 0. The molecule has 16 heavy (non-hydrogen) atoms. The lowest BCUT2D eigenvalue weighted by molar-refractivity contribution is -0.127. The molecule has 3 rings (SSSR count). The van der Waals surface area contributed by atoms with Gasteiger partial charge in [0.1, 0.15) is 0 Å². The van der Waals surface area contributed by atoms with E-state index in [2.05, 4.69) is 6.92 Å². The Hall–Kier alpha value is -1.58. The summed E-state index contributed by atoms with van der Waals surface area (Å²) in [5.74, 6) is 0.173. The molecule has 3 heterocycles. The molecule has 0 aliphatic carbocycles. The molecule has 83 valence electrons. The molecule has 0 N–H and O–H groups in total. The van der Waals surface area contributed by atoms with E-state index in [1.807, 2.05) is 6.07 Å². The molecule has 2 aliphatic heterocycles. The summed E-state index contributed by atoms with van der Waals surface area (Å²) in [7, 11) is 0. The van der Waals surface area contributed by atoms with Crippen molar-refractivity contribution in [2.24, 2.45) is 0 Å². The van der Waals surface area contributed by atoms with Crippen LogP contribution in [0.5, 0.6) is 0 Å². The van der Waals surface area contributed by atoms with Crippen LogP contribution in [0.3, 0.4) is 0 Å². The minimum Gasteiger partial charge on any atom is -0.337 e. The lowest BCUT2D eigenvalue weighted by Gasteiger charge is -2.26. The van der Waals surface area contributed by atoms with Crippen molar-refractivity contribution in [1.82, 2.24) is 9.47 Å². The van der Waals surface area contributed by atoms with Crippen molar-refractivity contribution in [3.05, 3.63) is 41.2 Å². The molecule has 2 aliphatic rings. The quantitative estimate of drug-likeness (QED) is 0.630. The number of aromatic nitrogens is 1. The van der Waals surface area contributed by atoms with Gasteiger partial charge in [0, 0.05) is 37.7 Å². The van der Waals surface area contributed by atoms with Gasteiger partial charge in [-0.25, -0.2) is 0 Å². The molecule has 4 nitrogen and oxygen atoms in total. The maximum Gasteiger partial charge on any atom is 0.250 e. The molecule has 2 bridgehead atoms. The van der Waals surface area contributed by atoms with Gasteiger partial charge in [0.25, 0.3) is 5.56 Å². The maximum absolute atomic E-state index is 11.7. The van der Waals surface area contributed by atoms with Crippen LogP contribution in [-0.4, -0.2) is 28.0 Å². The Morgan fingerprint density at radius 2 is 2.19 bits per heavy atom. The first kappa shape index (κ1) is 9.63. The molecule has 0 spiro atoms. The third-order valence-electron chi connectivity index (χ3n) is 3.63. The van der Waals surface area contributed by atoms with Crippen molar-refractivity contribution in [2.45, 2.75) is 24.9 Å². The first-order valence-electron chi connectivity index (χ1n) is 5.49. The van der Waals surface area contributed by atoms with E-state index in [4.69, 9.17) is 0 Å². The van der Waals surface area contributed by atoms with Gasteiger partial charge in [0.2, 0.25) is 5.91 Å². The highest BCUT2D eigenvalue weighted by molar-refractivity contribution is 5.81. The number of nitrogens with zero attached hydrogens (tertiary/aromatic N) is 2.